The van der Waals surface area contributed by atoms with E-state index in [0.29, 0.717) is 6.54 Å². The van der Waals surface area contributed by atoms with Crippen LogP contribution in [0.2, 0.25) is 0 Å². The molecule has 0 aromatic rings. The molecule has 1 N–H and O–H groups in total. The Morgan fingerprint density at radius 2 is 2.13 bits per heavy atom. The summed E-state index contributed by atoms with van der Waals surface area (Å²) in [5.74, 6) is -0.188. The summed E-state index contributed by atoms with van der Waals surface area (Å²) < 4.78 is 5.68. The van der Waals surface area contributed by atoms with E-state index in [1.54, 1.807) is 4.90 Å². The highest BCUT2D eigenvalue weighted by Gasteiger charge is 2.26. The normalized spacial score (nSPS) is 24.3. The molecule has 0 radical (unpaired) electrons. The van der Waals surface area contributed by atoms with Crippen LogP contribution in [0.3, 0.4) is 0 Å². The summed E-state index contributed by atoms with van der Waals surface area (Å²) in [6, 6.07) is 0. The molecule has 0 spiro atoms. The lowest BCUT2D eigenvalue weighted by Crippen LogP contribution is -2.47. The van der Waals surface area contributed by atoms with Gasteiger partial charge in [-0.25, -0.2) is 0 Å². The van der Waals surface area contributed by atoms with Crippen LogP contribution in [-0.4, -0.2) is 47.3 Å². The molecule has 1 heterocycles. The Bertz CT molecular complexity index is 216. The summed E-state index contributed by atoms with van der Waals surface area (Å²) >= 11 is 0. The molecule has 4 nitrogen and oxygen atoms in total. The third-order valence-corrected chi connectivity index (χ3v) is 2.51. The monoisotopic (exact) mass is 215 g/mol. The third kappa shape index (κ3) is 3.80. The molecule has 0 aliphatic carbocycles. The Hall–Kier alpha value is -0.610. The molecule has 88 valence electrons. The fourth-order valence-corrected chi connectivity index (χ4v) is 1.90. The maximum absolute atomic E-state index is 11.5. The molecule has 1 aliphatic heterocycles. The predicted octanol–water partition coefficient (Wildman–Crippen LogP) is 0.783. The number of nitrogens with zero attached hydrogens (tertiary/aromatic N) is 1. The number of aliphatic hydroxyl groups excluding tert-OH is 1. The van der Waals surface area contributed by atoms with Crippen molar-refractivity contribution in [2.75, 3.05) is 13.1 Å². The van der Waals surface area contributed by atoms with Gasteiger partial charge in [0.1, 0.15) is 6.10 Å². The van der Waals surface area contributed by atoms with Crippen LogP contribution in [0.5, 0.6) is 0 Å². The van der Waals surface area contributed by atoms with Crippen molar-refractivity contribution in [2.24, 2.45) is 0 Å². The van der Waals surface area contributed by atoms with Crippen LogP contribution in [0.4, 0.5) is 0 Å². The quantitative estimate of drug-likeness (QED) is 0.757. The molecular formula is C11H21NO3. The summed E-state index contributed by atoms with van der Waals surface area (Å²) in [6.45, 7) is 6.85. The van der Waals surface area contributed by atoms with Gasteiger partial charge in [-0.15, -0.1) is 0 Å². The second-order valence-corrected chi connectivity index (χ2v) is 4.41. The molecule has 1 fully saturated rings. The van der Waals surface area contributed by atoms with E-state index in [2.05, 4.69) is 0 Å². The molecule has 0 aromatic heterocycles. The Morgan fingerprint density at radius 1 is 1.47 bits per heavy atom. The summed E-state index contributed by atoms with van der Waals surface area (Å²) in [6.07, 6.45) is 1.37. The van der Waals surface area contributed by atoms with E-state index in [0.717, 1.165) is 19.4 Å². The Balaban J connectivity index is 2.45. The van der Waals surface area contributed by atoms with E-state index >= 15 is 0 Å². The minimum Gasteiger partial charge on any atom is -0.384 e. The van der Waals surface area contributed by atoms with Crippen molar-refractivity contribution in [3.05, 3.63) is 0 Å². The number of carbonyl (C=O) groups excluding carboxylic acids is 1. The van der Waals surface area contributed by atoms with Crippen molar-refractivity contribution in [1.29, 1.82) is 0 Å². The fourth-order valence-electron chi connectivity index (χ4n) is 1.90. The zero-order chi connectivity index (χ0) is 11.4. The van der Waals surface area contributed by atoms with E-state index in [-0.39, 0.29) is 18.1 Å². The van der Waals surface area contributed by atoms with Gasteiger partial charge in [0.2, 0.25) is 0 Å². The summed E-state index contributed by atoms with van der Waals surface area (Å²) in [7, 11) is 0. The van der Waals surface area contributed by atoms with Gasteiger partial charge in [-0.2, -0.15) is 0 Å². The van der Waals surface area contributed by atoms with Crippen molar-refractivity contribution in [2.45, 2.75) is 51.9 Å². The average molecular weight is 215 g/mol. The second kappa shape index (κ2) is 5.47. The average Bonchev–Trinajstić information content (AvgIpc) is 2.16. The molecule has 4 heteroatoms. The van der Waals surface area contributed by atoms with Gasteiger partial charge in [-0.3, -0.25) is 4.79 Å². The summed E-state index contributed by atoms with van der Waals surface area (Å²) in [5, 5.41) is 9.21. The minimum absolute atomic E-state index is 0.126. The number of hydrogen-bond acceptors (Lipinski definition) is 3. The Morgan fingerprint density at radius 3 is 2.67 bits per heavy atom. The lowest BCUT2D eigenvalue weighted by Gasteiger charge is -2.34. The molecule has 2 atom stereocenters. The van der Waals surface area contributed by atoms with Crippen molar-refractivity contribution < 1.29 is 14.6 Å². The summed E-state index contributed by atoms with van der Waals surface area (Å²) in [5.41, 5.74) is 0. The standard InChI is InChI=1S/C11H21NO3/c1-8(2)15-10-5-4-6-12(7-10)11(14)9(3)13/h8-10,13H,4-7H2,1-3H3/t9-,10-/m0/s1. The van der Waals surface area contributed by atoms with E-state index in [1.807, 2.05) is 13.8 Å². The molecule has 1 aliphatic rings. The topological polar surface area (TPSA) is 49.8 Å². The number of ether oxygens (including phenoxy) is 1. The van der Waals surface area contributed by atoms with Gasteiger partial charge in [-0.05, 0) is 33.6 Å². The highest BCUT2D eigenvalue weighted by atomic mass is 16.5. The van der Waals surface area contributed by atoms with Crippen molar-refractivity contribution in [3.8, 4) is 0 Å². The van der Waals surface area contributed by atoms with Crippen LogP contribution >= 0.6 is 0 Å². The minimum atomic E-state index is -0.900. The summed E-state index contributed by atoms with van der Waals surface area (Å²) in [4.78, 5) is 13.2. The number of carbonyl (C=O) groups is 1. The van der Waals surface area contributed by atoms with Crippen molar-refractivity contribution in [1.82, 2.24) is 4.90 Å². The first-order chi connectivity index (χ1) is 7.00. The second-order valence-electron chi connectivity index (χ2n) is 4.41. The van der Waals surface area contributed by atoms with E-state index in [4.69, 9.17) is 4.74 Å². The zero-order valence-electron chi connectivity index (χ0n) is 9.77. The van der Waals surface area contributed by atoms with Gasteiger partial charge in [-0.1, -0.05) is 0 Å². The molecule has 0 saturated carbocycles. The molecular weight excluding hydrogens is 194 g/mol. The first-order valence-electron chi connectivity index (χ1n) is 5.63. The van der Waals surface area contributed by atoms with Crippen molar-refractivity contribution in [3.63, 3.8) is 0 Å². The molecule has 0 aromatic carbocycles. The van der Waals surface area contributed by atoms with Crippen LogP contribution in [0.1, 0.15) is 33.6 Å². The molecule has 1 saturated heterocycles. The lowest BCUT2D eigenvalue weighted by molar-refractivity contribution is -0.144. The van der Waals surface area contributed by atoms with E-state index in [9.17, 15) is 9.90 Å². The van der Waals surface area contributed by atoms with Gasteiger partial charge in [0.25, 0.3) is 5.91 Å². The van der Waals surface area contributed by atoms with Gasteiger partial charge in [0.15, 0.2) is 0 Å². The number of aliphatic hydroxyl groups is 1. The fraction of sp³-hybridized carbons (Fsp3) is 0.909. The first-order valence-corrected chi connectivity index (χ1v) is 5.63. The number of rotatable bonds is 3. The maximum atomic E-state index is 11.5. The van der Waals surface area contributed by atoms with Crippen molar-refractivity contribution >= 4 is 5.91 Å². The lowest BCUT2D eigenvalue weighted by atomic mass is 10.1. The Labute approximate surface area is 91.2 Å². The van der Waals surface area contributed by atoms with Crippen LogP contribution < -0.4 is 0 Å². The van der Waals surface area contributed by atoms with Crippen LogP contribution in [0.25, 0.3) is 0 Å². The highest BCUT2D eigenvalue weighted by molar-refractivity contribution is 5.80. The third-order valence-electron chi connectivity index (χ3n) is 2.51. The van der Waals surface area contributed by atoms with Crippen LogP contribution in [0, 0.1) is 0 Å². The number of piperidine rings is 1. The van der Waals surface area contributed by atoms with Crippen LogP contribution in [0.15, 0.2) is 0 Å². The smallest absolute Gasteiger partial charge is 0.251 e. The molecule has 1 rings (SSSR count). The maximum Gasteiger partial charge on any atom is 0.251 e. The van der Waals surface area contributed by atoms with Crippen LogP contribution in [-0.2, 0) is 9.53 Å². The number of likely N-dealkylation sites (tertiary alicyclic amines) is 1. The van der Waals surface area contributed by atoms with E-state index in [1.165, 1.54) is 6.92 Å². The van der Waals surface area contributed by atoms with Gasteiger partial charge in [0.05, 0.1) is 12.2 Å². The van der Waals surface area contributed by atoms with Gasteiger partial charge >= 0.3 is 0 Å². The molecule has 15 heavy (non-hydrogen) atoms. The highest BCUT2D eigenvalue weighted by Crippen LogP contribution is 2.15. The molecule has 0 bridgehead atoms. The zero-order valence-corrected chi connectivity index (χ0v) is 9.77. The number of amides is 1. The largest absolute Gasteiger partial charge is 0.384 e. The van der Waals surface area contributed by atoms with Gasteiger partial charge in [0, 0.05) is 13.1 Å². The molecule has 1 amide bonds. The molecule has 0 unspecified atom stereocenters. The first kappa shape index (κ1) is 12.5. The SMILES string of the molecule is CC(C)O[C@H]1CCCN(C(=O)[C@H](C)O)C1. The van der Waals surface area contributed by atoms with E-state index < -0.39 is 6.10 Å². The number of hydrogen-bond donors (Lipinski definition) is 1. The van der Waals surface area contributed by atoms with Gasteiger partial charge < -0.3 is 14.7 Å². The predicted molar refractivity (Wildman–Crippen MR) is 57.5 cm³/mol. The Kier molecular flexibility index (Phi) is 4.54.